The van der Waals surface area contributed by atoms with Crippen LogP contribution in [0.2, 0.25) is 0 Å². The fourth-order valence-corrected chi connectivity index (χ4v) is 2.30. The van der Waals surface area contributed by atoms with Gasteiger partial charge in [-0.15, -0.1) is 0 Å². The lowest BCUT2D eigenvalue weighted by atomic mass is 9.94. The third kappa shape index (κ3) is 4.82. The van der Waals surface area contributed by atoms with Crippen LogP contribution in [-0.2, 0) is 4.79 Å². The molecule has 1 aliphatic rings. The van der Waals surface area contributed by atoms with Crippen molar-refractivity contribution in [1.82, 2.24) is 0 Å². The van der Waals surface area contributed by atoms with E-state index in [-0.39, 0.29) is 5.92 Å². The highest BCUT2D eigenvalue weighted by Gasteiger charge is 2.15. The first kappa shape index (κ1) is 13.3. The van der Waals surface area contributed by atoms with Crippen LogP contribution >= 0.6 is 0 Å². The average molecular weight is 224 g/mol. The molecule has 1 atom stereocenters. The van der Waals surface area contributed by atoms with Gasteiger partial charge in [-0.1, -0.05) is 43.8 Å². The fraction of sp³-hybridized carbons (Fsp3) is 0.786. The lowest BCUT2D eigenvalue weighted by Gasteiger charge is -2.11. The summed E-state index contributed by atoms with van der Waals surface area (Å²) in [5, 5.41) is 9.04. The predicted octanol–water partition coefficient (Wildman–Crippen LogP) is 4.16. The Bertz CT molecular complexity index is 243. The van der Waals surface area contributed by atoms with E-state index in [1.807, 2.05) is 6.92 Å². The second-order valence-corrected chi connectivity index (χ2v) is 4.85. The zero-order valence-electron chi connectivity index (χ0n) is 10.4. The molecule has 0 saturated carbocycles. The van der Waals surface area contributed by atoms with Crippen LogP contribution in [0.3, 0.4) is 0 Å². The first-order valence-corrected chi connectivity index (χ1v) is 6.63. The average Bonchev–Trinajstić information content (AvgIpc) is 2.32. The Morgan fingerprint density at radius 2 is 1.69 bits per heavy atom. The van der Waals surface area contributed by atoms with Crippen molar-refractivity contribution < 1.29 is 9.90 Å². The van der Waals surface area contributed by atoms with Gasteiger partial charge in [-0.25, -0.2) is 0 Å². The van der Waals surface area contributed by atoms with Crippen molar-refractivity contribution in [1.29, 1.82) is 0 Å². The molecule has 1 N–H and O–H groups in total. The molecule has 1 rings (SSSR count). The topological polar surface area (TPSA) is 37.3 Å². The van der Waals surface area contributed by atoms with Crippen LogP contribution in [0.15, 0.2) is 11.6 Å². The molecule has 0 spiro atoms. The van der Waals surface area contributed by atoms with Gasteiger partial charge in [0.1, 0.15) is 0 Å². The lowest BCUT2D eigenvalue weighted by Crippen LogP contribution is -2.12. The standard InChI is InChI=1S/C14H24O2/c1-12(14(15)16)13-10-8-6-4-2-3-5-7-9-11-13/h10,12H,2-9,11H2,1H3,(H,15,16)/b13-10+. The SMILES string of the molecule is CC(C(=O)O)/C1=C/CCCCCCCCC1. The first-order valence-electron chi connectivity index (χ1n) is 6.63. The zero-order chi connectivity index (χ0) is 11.8. The maximum absolute atomic E-state index is 11.0. The molecular formula is C14H24O2. The van der Waals surface area contributed by atoms with Gasteiger partial charge in [0.25, 0.3) is 0 Å². The van der Waals surface area contributed by atoms with E-state index in [2.05, 4.69) is 6.08 Å². The van der Waals surface area contributed by atoms with Crippen molar-refractivity contribution in [3.63, 3.8) is 0 Å². The van der Waals surface area contributed by atoms with Gasteiger partial charge in [0.2, 0.25) is 0 Å². The quantitative estimate of drug-likeness (QED) is 0.715. The van der Waals surface area contributed by atoms with Crippen molar-refractivity contribution in [2.75, 3.05) is 0 Å². The Labute approximate surface area is 98.7 Å². The molecule has 0 bridgehead atoms. The molecule has 0 aromatic rings. The minimum atomic E-state index is -0.680. The summed E-state index contributed by atoms with van der Waals surface area (Å²) in [6.07, 6.45) is 13.2. The highest BCUT2D eigenvalue weighted by atomic mass is 16.4. The fourth-order valence-electron chi connectivity index (χ4n) is 2.30. The molecule has 0 saturated heterocycles. The number of hydrogen-bond donors (Lipinski definition) is 1. The molecule has 2 nitrogen and oxygen atoms in total. The van der Waals surface area contributed by atoms with E-state index in [4.69, 9.17) is 5.11 Å². The minimum Gasteiger partial charge on any atom is -0.481 e. The Morgan fingerprint density at radius 3 is 2.31 bits per heavy atom. The Balaban J connectivity index is 2.54. The summed E-state index contributed by atoms with van der Waals surface area (Å²) in [7, 11) is 0. The Morgan fingerprint density at radius 1 is 1.12 bits per heavy atom. The number of carboxylic acids is 1. The third-order valence-electron chi connectivity index (χ3n) is 3.50. The van der Waals surface area contributed by atoms with Gasteiger partial charge in [-0.3, -0.25) is 4.79 Å². The van der Waals surface area contributed by atoms with E-state index < -0.39 is 5.97 Å². The molecule has 0 fully saturated rings. The van der Waals surface area contributed by atoms with Gasteiger partial charge in [-0.05, 0) is 32.6 Å². The smallest absolute Gasteiger partial charge is 0.310 e. The number of carboxylic acid groups (broad SMARTS) is 1. The predicted molar refractivity (Wildman–Crippen MR) is 66.4 cm³/mol. The second kappa shape index (κ2) is 7.48. The number of carbonyl (C=O) groups is 1. The van der Waals surface area contributed by atoms with Crippen LogP contribution < -0.4 is 0 Å². The normalized spacial score (nSPS) is 24.9. The molecule has 0 aliphatic heterocycles. The molecule has 1 aliphatic carbocycles. The van der Waals surface area contributed by atoms with Crippen molar-refractivity contribution >= 4 is 5.97 Å². The van der Waals surface area contributed by atoms with Crippen molar-refractivity contribution in [2.24, 2.45) is 5.92 Å². The number of allylic oxidation sites excluding steroid dienone is 1. The third-order valence-corrected chi connectivity index (χ3v) is 3.50. The maximum atomic E-state index is 11.0. The Hall–Kier alpha value is -0.790. The van der Waals surface area contributed by atoms with E-state index in [0.717, 1.165) is 24.8 Å². The molecule has 0 aromatic heterocycles. The Kier molecular flexibility index (Phi) is 6.20. The molecule has 0 heterocycles. The zero-order valence-corrected chi connectivity index (χ0v) is 10.4. The van der Waals surface area contributed by atoms with Gasteiger partial charge < -0.3 is 5.11 Å². The minimum absolute atomic E-state index is 0.291. The highest BCUT2D eigenvalue weighted by molar-refractivity contribution is 5.73. The largest absolute Gasteiger partial charge is 0.481 e. The van der Waals surface area contributed by atoms with Crippen molar-refractivity contribution in [2.45, 2.75) is 64.7 Å². The van der Waals surface area contributed by atoms with Gasteiger partial charge in [0, 0.05) is 0 Å². The summed E-state index contributed by atoms with van der Waals surface area (Å²) >= 11 is 0. The number of hydrogen-bond acceptors (Lipinski definition) is 1. The maximum Gasteiger partial charge on any atom is 0.310 e. The van der Waals surface area contributed by atoms with Gasteiger partial charge >= 0.3 is 5.97 Å². The number of aliphatic carboxylic acids is 1. The van der Waals surface area contributed by atoms with Crippen molar-refractivity contribution in [3.8, 4) is 0 Å². The van der Waals surface area contributed by atoms with Crippen LogP contribution in [-0.4, -0.2) is 11.1 Å². The molecule has 0 amide bonds. The van der Waals surface area contributed by atoms with Crippen LogP contribution in [0.5, 0.6) is 0 Å². The van der Waals surface area contributed by atoms with Crippen LogP contribution in [0.1, 0.15) is 64.7 Å². The van der Waals surface area contributed by atoms with E-state index in [0.29, 0.717) is 0 Å². The van der Waals surface area contributed by atoms with E-state index in [1.165, 1.54) is 38.5 Å². The second-order valence-electron chi connectivity index (χ2n) is 4.85. The highest BCUT2D eigenvalue weighted by Crippen LogP contribution is 2.22. The summed E-state index contributed by atoms with van der Waals surface area (Å²) in [6, 6.07) is 0. The van der Waals surface area contributed by atoms with Crippen molar-refractivity contribution in [3.05, 3.63) is 11.6 Å². The summed E-state index contributed by atoms with van der Waals surface area (Å²) in [5.74, 6) is -0.970. The molecule has 0 aromatic carbocycles. The van der Waals surface area contributed by atoms with E-state index >= 15 is 0 Å². The molecule has 16 heavy (non-hydrogen) atoms. The molecule has 2 heteroatoms. The molecular weight excluding hydrogens is 200 g/mol. The summed E-state index contributed by atoms with van der Waals surface area (Å²) in [6.45, 7) is 1.81. The summed E-state index contributed by atoms with van der Waals surface area (Å²) < 4.78 is 0. The summed E-state index contributed by atoms with van der Waals surface area (Å²) in [4.78, 5) is 11.0. The van der Waals surface area contributed by atoms with E-state index in [1.54, 1.807) is 0 Å². The van der Waals surface area contributed by atoms with Crippen LogP contribution in [0, 0.1) is 5.92 Å². The summed E-state index contributed by atoms with van der Waals surface area (Å²) in [5.41, 5.74) is 1.15. The van der Waals surface area contributed by atoms with Crippen LogP contribution in [0.25, 0.3) is 0 Å². The molecule has 92 valence electrons. The van der Waals surface area contributed by atoms with Crippen LogP contribution in [0.4, 0.5) is 0 Å². The van der Waals surface area contributed by atoms with Gasteiger partial charge in [0.15, 0.2) is 0 Å². The van der Waals surface area contributed by atoms with Gasteiger partial charge in [0.05, 0.1) is 5.92 Å². The first-order chi connectivity index (χ1) is 7.72. The van der Waals surface area contributed by atoms with E-state index in [9.17, 15) is 4.79 Å². The lowest BCUT2D eigenvalue weighted by molar-refractivity contribution is -0.139. The molecule has 0 radical (unpaired) electrons. The molecule has 1 unspecified atom stereocenters. The number of rotatable bonds is 2. The monoisotopic (exact) mass is 224 g/mol. The van der Waals surface area contributed by atoms with Gasteiger partial charge in [-0.2, -0.15) is 0 Å².